The summed E-state index contributed by atoms with van der Waals surface area (Å²) in [6.07, 6.45) is 0.465. The molecule has 1 N–H and O–H groups in total. The monoisotopic (exact) mass is 159 g/mol. The third-order valence-corrected chi connectivity index (χ3v) is 1.46. The standard InChI is InChI=1S/C7H13NO3/c1-4-5(6(9)8-2)7(10)11-3/h5H,4H2,1-3H3,(H,8,9). The molecule has 1 amide bonds. The van der Waals surface area contributed by atoms with Crippen molar-refractivity contribution >= 4 is 11.9 Å². The van der Waals surface area contributed by atoms with Crippen LogP contribution < -0.4 is 5.32 Å². The highest BCUT2D eigenvalue weighted by atomic mass is 16.5. The fourth-order valence-electron chi connectivity index (χ4n) is 0.776. The van der Waals surface area contributed by atoms with Gasteiger partial charge in [0.2, 0.25) is 5.91 Å². The van der Waals surface area contributed by atoms with Crippen LogP contribution >= 0.6 is 0 Å². The molecule has 1 unspecified atom stereocenters. The Bertz CT molecular complexity index is 140. The normalized spacial score (nSPS) is 11.9. The maximum absolute atomic E-state index is 10.9. The number of nitrogens with one attached hydrogen (secondary N) is 1. The summed E-state index contributed by atoms with van der Waals surface area (Å²) in [5.74, 6) is -1.43. The van der Waals surface area contributed by atoms with Crippen LogP contribution in [0.1, 0.15) is 13.3 Å². The van der Waals surface area contributed by atoms with Crippen LogP contribution in [0.2, 0.25) is 0 Å². The van der Waals surface area contributed by atoms with E-state index < -0.39 is 11.9 Å². The molecule has 0 aromatic rings. The van der Waals surface area contributed by atoms with E-state index in [9.17, 15) is 9.59 Å². The Kier molecular flexibility index (Phi) is 4.26. The second-order valence-electron chi connectivity index (χ2n) is 2.10. The minimum Gasteiger partial charge on any atom is -0.468 e. The first-order valence-electron chi connectivity index (χ1n) is 3.46. The van der Waals surface area contributed by atoms with Gasteiger partial charge in [0, 0.05) is 7.05 Å². The van der Waals surface area contributed by atoms with Crippen molar-refractivity contribution in [3.05, 3.63) is 0 Å². The molecule has 0 aromatic carbocycles. The van der Waals surface area contributed by atoms with E-state index in [0.717, 1.165) is 0 Å². The van der Waals surface area contributed by atoms with E-state index >= 15 is 0 Å². The Balaban J connectivity index is 4.15. The van der Waals surface area contributed by atoms with E-state index in [1.807, 2.05) is 0 Å². The highest BCUT2D eigenvalue weighted by Gasteiger charge is 2.23. The minimum atomic E-state index is -0.662. The molecule has 4 heteroatoms. The van der Waals surface area contributed by atoms with E-state index in [1.54, 1.807) is 6.92 Å². The molecule has 0 saturated heterocycles. The quantitative estimate of drug-likeness (QED) is 0.463. The molecule has 11 heavy (non-hydrogen) atoms. The fourth-order valence-corrected chi connectivity index (χ4v) is 0.776. The first-order valence-corrected chi connectivity index (χ1v) is 3.46. The van der Waals surface area contributed by atoms with Crippen molar-refractivity contribution in [1.29, 1.82) is 0 Å². The molecule has 0 aliphatic heterocycles. The van der Waals surface area contributed by atoms with Crippen molar-refractivity contribution in [2.24, 2.45) is 5.92 Å². The molecule has 0 fully saturated rings. The molecule has 0 aromatic heterocycles. The Labute approximate surface area is 65.9 Å². The summed E-state index contributed by atoms with van der Waals surface area (Å²) >= 11 is 0. The van der Waals surface area contributed by atoms with Gasteiger partial charge < -0.3 is 10.1 Å². The van der Waals surface area contributed by atoms with Gasteiger partial charge in [-0.15, -0.1) is 0 Å². The fraction of sp³-hybridized carbons (Fsp3) is 0.714. The van der Waals surface area contributed by atoms with Crippen molar-refractivity contribution in [3.63, 3.8) is 0 Å². The predicted molar refractivity (Wildman–Crippen MR) is 39.9 cm³/mol. The number of hydrogen-bond acceptors (Lipinski definition) is 3. The van der Waals surface area contributed by atoms with Crippen molar-refractivity contribution in [2.45, 2.75) is 13.3 Å². The van der Waals surface area contributed by atoms with Crippen LogP contribution in [0, 0.1) is 5.92 Å². The Morgan fingerprint density at radius 1 is 1.55 bits per heavy atom. The van der Waals surface area contributed by atoms with Crippen LogP contribution in [-0.2, 0) is 14.3 Å². The average Bonchev–Trinajstić information content (AvgIpc) is 2.05. The predicted octanol–water partition coefficient (Wildman–Crippen LogP) is -0.0684. The molecule has 0 aliphatic rings. The second kappa shape index (κ2) is 4.71. The van der Waals surface area contributed by atoms with E-state index in [1.165, 1.54) is 14.2 Å². The smallest absolute Gasteiger partial charge is 0.318 e. The van der Waals surface area contributed by atoms with Gasteiger partial charge in [0.15, 0.2) is 0 Å². The van der Waals surface area contributed by atoms with Crippen LogP contribution in [0.5, 0.6) is 0 Å². The largest absolute Gasteiger partial charge is 0.468 e. The maximum atomic E-state index is 10.9. The van der Waals surface area contributed by atoms with Crippen LogP contribution in [0.25, 0.3) is 0 Å². The van der Waals surface area contributed by atoms with Crippen molar-refractivity contribution in [2.75, 3.05) is 14.2 Å². The van der Waals surface area contributed by atoms with Gasteiger partial charge in [-0.3, -0.25) is 9.59 Å². The molecule has 0 bridgehead atoms. The first-order chi connectivity index (χ1) is 5.17. The maximum Gasteiger partial charge on any atom is 0.318 e. The number of methoxy groups -OCH3 is 1. The van der Waals surface area contributed by atoms with Crippen molar-refractivity contribution in [3.8, 4) is 0 Å². The lowest BCUT2D eigenvalue weighted by Crippen LogP contribution is -2.33. The van der Waals surface area contributed by atoms with E-state index in [-0.39, 0.29) is 5.91 Å². The first kappa shape index (κ1) is 9.94. The van der Waals surface area contributed by atoms with E-state index in [0.29, 0.717) is 6.42 Å². The lowest BCUT2D eigenvalue weighted by Gasteiger charge is -2.09. The molecular weight excluding hydrogens is 146 g/mol. The van der Waals surface area contributed by atoms with E-state index in [2.05, 4.69) is 10.1 Å². The number of carbonyl (C=O) groups is 2. The molecule has 64 valence electrons. The molecule has 1 atom stereocenters. The van der Waals surface area contributed by atoms with Crippen molar-refractivity contribution in [1.82, 2.24) is 5.32 Å². The highest BCUT2D eigenvalue weighted by Crippen LogP contribution is 2.03. The van der Waals surface area contributed by atoms with Gasteiger partial charge in [0.05, 0.1) is 7.11 Å². The van der Waals surface area contributed by atoms with Crippen LogP contribution in [-0.4, -0.2) is 26.0 Å². The number of rotatable bonds is 3. The summed E-state index contributed by atoms with van der Waals surface area (Å²) in [6.45, 7) is 1.76. The molecule has 0 rings (SSSR count). The molecule has 0 radical (unpaired) electrons. The van der Waals surface area contributed by atoms with Gasteiger partial charge >= 0.3 is 5.97 Å². The summed E-state index contributed by atoms with van der Waals surface area (Å²) in [7, 11) is 2.77. The second-order valence-corrected chi connectivity index (χ2v) is 2.10. The van der Waals surface area contributed by atoms with Gasteiger partial charge in [0.25, 0.3) is 0 Å². The molecular formula is C7H13NO3. The lowest BCUT2D eigenvalue weighted by molar-refractivity contribution is -0.150. The summed E-state index contributed by atoms with van der Waals surface area (Å²) in [5, 5.41) is 2.39. The van der Waals surface area contributed by atoms with Gasteiger partial charge in [-0.25, -0.2) is 0 Å². The SMILES string of the molecule is CCC(C(=O)NC)C(=O)OC. The Morgan fingerprint density at radius 2 is 2.09 bits per heavy atom. The number of hydrogen-bond donors (Lipinski definition) is 1. The van der Waals surface area contributed by atoms with Crippen LogP contribution in [0.4, 0.5) is 0 Å². The zero-order valence-corrected chi connectivity index (χ0v) is 7.01. The summed E-state index contributed by atoms with van der Waals surface area (Å²) in [5.41, 5.74) is 0. The Hall–Kier alpha value is -1.06. The third-order valence-electron chi connectivity index (χ3n) is 1.46. The minimum absolute atomic E-state index is 0.292. The van der Waals surface area contributed by atoms with Crippen LogP contribution in [0.15, 0.2) is 0 Å². The zero-order chi connectivity index (χ0) is 8.85. The van der Waals surface area contributed by atoms with Gasteiger partial charge in [-0.1, -0.05) is 6.92 Å². The van der Waals surface area contributed by atoms with Crippen molar-refractivity contribution < 1.29 is 14.3 Å². The highest BCUT2D eigenvalue weighted by molar-refractivity contribution is 5.97. The topological polar surface area (TPSA) is 55.4 Å². The van der Waals surface area contributed by atoms with Gasteiger partial charge in [0.1, 0.15) is 5.92 Å². The third kappa shape index (κ3) is 2.57. The number of carbonyl (C=O) groups excluding carboxylic acids is 2. The molecule has 0 spiro atoms. The van der Waals surface area contributed by atoms with Crippen LogP contribution in [0.3, 0.4) is 0 Å². The van der Waals surface area contributed by atoms with Gasteiger partial charge in [-0.2, -0.15) is 0 Å². The summed E-state index contributed by atoms with van der Waals surface area (Å²) < 4.78 is 4.43. The molecule has 0 heterocycles. The molecule has 4 nitrogen and oxygen atoms in total. The average molecular weight is 159 g/mol. The molecule has 0 saturated carbocycles. The Morgan fingerprint density at radius 3 is 2.36 bits per heavy atom. The lowest BCUT2D eigenvalue weighted by atomic mass is 10.1. The molecule has 0 aliphatic carbocycles. The number of esters is 1. The summed E-state index contributed by atoms with van der Waals surface area (Å²) in [4.78, 5) is 21.8. The van der Waals surface area contributed by atoms with Gasteiger partial charge in [-0.05, 0) is 6.42 Å². The van der Waals surface area contributed by atoms with E-state index in [4.69, 9.17) is 0 Å². The zero-order valence-electron chi connectivity index (χ0n) is 7.01. The summed E-state index contributed by atoms with van der Waals surface area (Å²) in [6, 6.07) is 0. The number of amides is 1. The number of ether oxygens (including phenoxy) is 1.